The highest BCUT2D eigenvalue weighted by molar-refractivity contribution is 6.32. The molecule has 5 nitrogen and oxygen atoms in total. The van der Waals surface area contributed by atoms with E-state index in [1.54, 1.807) is 30.3 Å². The lowest BCUT2D eigenvalue weighted by molar-refractivity contribution is 0.168. The molecule has 194 valence electrons. The average Bonchev–Trinajstić information content (AvgIpc) is 3.39. The van der Waals surface area contributed by atoms with Gasteiger partial charge in [0.2, 0.25) is 0 Å². The van der Waals surface area contributed by atoms with Crippen molar-refractivity contribution in [2.75, 3.05) is 19.7 Å². The third-order valence-corrected chi connectivity index (χ3v) is 8.05. The summed E-state index contributed by atoms with van der Waals surface area (Å²) in [6.07, 6.45) is 2.12. The van der Waals surface area contributed by atoms with E-state index in [1.165, 1.54) is 12.8 Å². The molecule has 0 amide bonds. The van der Waals surface area contributed by atoms with Gasteiger partial charge in [0.15, 0.2) is 0 Å². The normalized spacial score (nSPS) is 20.4. The number of hydrogen-bond acceptors (Lipinski definition) is 5. The minimum Gasteiger partial charge on any atom is -0.508 e. The molecule has 1 saturated heterocycles. The number of benzene rings is 3. The molecule has 0 aromatic heterocycles. The highest BCUT2D eigenvalue weighted by atomic mass is 35.5. The summed E-state index contributed by atoms with van der Waals surface area (Å²) in [6, 6.07) is 18.8. The Bertz CT molecular complexity index is 1300. The molecule has 3 atom stereocenters. The van der Waals surface area contributed by atoms with Gasteiger partial charge in [-0.1, -0.05) is 43.1 Å². The van der Waals surface area contributed by atoms with Crippen LogP contribution in [0, 0.1) is 5.92 Å². The van der Waals surface area contributed by atoms with Crippen LogP contribution >= 0.6 is 11.6 Å². The second-order valence-corrected chi connectivity index (χ2v) is 10.6. The van der Waals surface area contributed by atoms with Crippen molar-refractivity contribution in [1.82, 2.24) is 4.90 Å². The SMILES string of the molecule is CC[C@@H]1CCN([C@@H](C)COc2ccc(C3Oc4ccc(O)cc4C(C)=C3c3ccc(Cl)c(O)c3)cc2)C1. The fourth-order valence-corrected chi connectivity index (χ4v) is 5.50. The van der Waals surface area contributed by atoms with Crippen LogP contribution in [-0.2, 0) is 0 Å². The summed E-state index contributed by atoms with van der Waals surface area (Å²) in [7, 11) is 0. The number of rotatable bonds is 7. The Morgan fingerprint density at radius 1 is 1.08 bits per heavy atom. The number of halogens is 1. The molecule has 5 rings (SSSR count). The maximum Gasteiger partial charge on any atom is 0.150 e. The van der Waals surface area contributed by atoms with E-state index in [0.717, 1.165) is 52.6 Å². The molecule has 0 spiro atoms. The summed E-state index contributed by atoms with van der Waals surface area (Å²) in [5, 5.41) is 20.7. The van der Waals surface area contributed by atoms with E-state index in [1.807, 2.05) is 37.3 Å². The van der Waals surface area contributed by atoms with Gasteiger partial charge in [-0.05, 0) is 91.9 Å². The summed E-state index contributed by atoms with van der Waals surface area (Å²) in [5.41, 5.74) is 4.47. The van der Waals surface area contributed by atoms with E-state index in [9.17, 15) is 10.2 Å². The quantitative estimate of drug-likeness (QED) is 0.342. The number of allylic oxidation sites excluding steroid dienone is 1. The van der Waals surface area contributed by atoms with Crippen molar-refractivity contribution >= 4 is 22.7 Å². The number of phenolic OH excluding ortho intramolecular Hbond substituents is 2. The van der Waals surface area contributed by atoms with Crippen LogP contribution in [0.25, 0.3) is 11.1 Å². The zero-order valence-corrected chi connectivity index (χ0v) is 22.3. The summed E-state index contributed by atoms with van der Waals surface area (Å²) < 4.78 is 12.6. The monoisotopic (exact) mass is 519 g/mol. The van der Waals surface area contributed by atoms with Crippen molar-refractivity contribution in [1.29, 1.82) is 0 Å². The van der Waals surface area contributed by atoms with Gasteiger partial charge in [-0.3, -0.25) is 4.90 Å². The first-order valence-electron chi connectivity index (χ1n) is 13.0. The Labute approximate surface area is 223 Å². The minimum atomic E-state index is -0.402. The lowest BCUT2D eigenvalue weighted by Crippen LogP contribution is -2.35. The third kappa shape index (κ3) is 5.29. The molecule has 2 N–H and O–H groups in total. The predicted molar refractivity (Wildman–Crippen MR) is 148 cm³/mol. The van der Waals surface area contributed by atoms with Gasteiger partial charge in [0.05, 0.1) is 5.02 Å². The Kier molecular flexibility index (Phi) is 7.36. The molecule has 1 unspecified atom stereocenters. The Balaban J connectivity index is 1.39. The van der Waals surface area contributed by atoms with E-state index in [2.05, 4.69) is 18.7 Å². The van der Waals surface area contributed by atoms with Crippen LogP contribution in [0.3, 0.4) is 0 Å². The molecule has 3 aromatic rings. The lowest BCUT2D eigenvalue weighted by atomic mass is 9.86. The van der Waals surface area contributed by atoms with E-state index < -0.39 is 6.10 Å². The third-order valence-electron chi connectivity index (χ3n) is 7.73. The van der Waals surface area contributed by atoms with E-state index >= 15 is 0 Å². The fraction of sp³-hybridized carbons (Fsp3) is 0.355. The van der Waals surface area contributed by atoms with Crippen LogP contribution in [0.1, 0.15) is 56.4 Å². The molecule has 2 aliphatic heterocycles. The number of likely N-dealkylation sites (tertiary alicyclic amines) is 1. The molecule has 6 heteroatoms. The first kappa shape index (κ1) is 25.5. The molecule has 1 fully saturated rings. The molecule has 37 heavy (non-hydrogen) atoms. The zero-order valence-electron chi connectivity index (χ0n) is 21.6. The van der Waals surface area contributed by atoms with E-state index in [0.29, 0.717) is 23.4 Å². The second-order valence-electron chi connectivity index (χ2n) is 10.2. The fourth-order valence-electron chi connectivity index (χ4n) is 5.38. The number of ether oxygens (including phenoxy) is 2. The van der Waals surface area contributed by atoms with Crippen LogP contribution in [-0.4, -0.2) is 40.9 Å². The first-order valence-corrected chi connectivity index (χ1v) is 13.4. The largest absolute Gasteiger partial charge is 0.508 e. The molecule has 0 radical (unpaired) electrons. The van der Waals surface area contributed by atoms with Crippen molar-refractivity contribution in [3.63, 3.8) is 0 Å². The van der Waals surface area contributed by atoms with Gasteiger partial charge in [-0.25, -0.2) is 0 Å². The summed E-state index contributed by atoms with van der Waals surface area (Å²) in [4.78, 5) is 2.52. The summed E-state index contributed by atoms with van der Waals surface area (Å²) >= 11 is 6.09. The number of nitrogens with zero attached hydrogens (tertiary/aromatic N) is 1. The maximum atomic E-state index is 10.3. The van der Waals surface area contributed by atoms with Crippen LogP contribution in [0.5, 0.6) is 23.0 Å². The van der Waals surface area contributed by atoms with Crippen molar-refractivity contribution < 1.29 is 19.7 Å². The first-order chi connectivity index (χ1) is 17.8. The molecular formula is C31H34ClNO4. The Hall–Kier alpha value is -3.15. The second kappa shape index (κ2) is 10.7. The highest BCUT2D eigenvalue weighted by Gasteiger charge is 2.30. The molecule has 2 heterocycles. The number of hydrogen-bond donors (Lipinski definition) is 2. The van der Waals surface area contributed by atoms with Crippen LogP contribution in [0.15, 0.2) is 60.7 Å². The van der Waals surface area contributed by atoms with Gasteiger partial charge in [-0.15, -0.1) is 0 Å². The van der Waals surface area contributed by atoms with Gasteiger partial charge in [0.25, 0.3) is 0 Å². The highest BCUT2D eigenvalue weighted by Crippen LogP contribution is 2.48. The smallest absolute Gasteiger partial charge is 0.150 e. The molecule has 0 aliphatic carbocycles. The van der Waals surface area contributed by atoms with Crippen molar-refractivity contribution in [3.05, 3.63) is 82.4 Å². The van der Waals surface area contributed by atoms with Gasteiger partial charge < -0.3 is 19.7 Å². The number of aromatic hydroxyl groups is 2. The molecule has 0 bridgehead atoms. The van der Waals surface area contributed by atoms with Crippen molar-refractivity contribution in [3.8, 4) is 23.0 Å². The number of phenols is 2. The lowest BCUT2D eigenvalue weighted by Gasteiger charge is -2.31. The molecule has 0 saturated carbocycles. The van der Waals surface area contributed by atoms with Gasteiger partial charge in [-0.2, -0.15) is 0 Å². The molecular weight excluding hydrogens is 486 g/mol. The average molecular weight is 520 g/mol. The summed E-state index contributed by atoms with van der Waals surface area (Å²) in [5.74, 6) is 2.52. The van der Waals surface area contributed by atoms with Gasteiger partial charge in [0, 0.05) is 23.7 Å². The van der Waals surface area contributed by atoms with Gasteiger partial charge >= 0.3 is 0 Å². The Morgan fingerprint density at radius 2 is 1.86 bits per heavy atom. The standard InChI is InChI=1S/C31H34ClNO4/c1-4-21-13-14-33(17-21)19(2)18-36-25-9-5-22(6-10-25)31-30(23-7-11-27(32)28(35)15-23)20(3)26-16-24(34)8-12-29(26)37-31/h5-12,15-16,19,21,31,34-35H,4,13-14,17-18H2,1-3H3/t19-,21+,31?/m0/s1. The van der Waals surface area contributed by atoms with Crippen molar-refractivity contribution in [2.45, 2.75) is 45.8 Å². The maximum absolute atomic E-state index is 10.3. The zero-order chi connectivity index (χ0) is 26.1. The minimum absolute atomic E-state index is 0.0149. The molecule has 3 aromatic carbocycles. The van der Waals surface area contributed by atoms with Crippen molar-refractivity contribution in [2.24, 2.45) is 5.92 Å². The van der Waals surface area contributed by atoms with Crippen LogP contribution < -0.4 is 9.47 Å². The van der Waals surface area contributed by atoms with Gasteiger partial charge in [0.1, 0.15) is 35.7 Å². The Morgan fingerprint density at radius 3 is 2.57 bits per heavy atom. The van der Waals surface area contributed by atoms with Crippen LogP contribution in [0.2, 0.25) is 5.02 Å². The molecule has 2 aliphatic rings. The topological polar surface area (TPSA) is 62.2 Å². The number of fused-ring (bicyclic) bond motifs is 1. The predicted octanol–water partition coefficient (Wildman–Crippen LogP) is 7.31. The summed E-state index contributed by atoms with van der Waals surface area (Å²) in [6.45, 7) is 9.48. The van der Waals surface area contributed by atoms with E-state index in [-0.39, 0.29) is 11.5 Å². The van der Waals surface area contributed by atoms with Crippen LogP contribution in [0.4, 0.5) is 0 Å². The van der Waals surface area contributed by atoms with E-state index in [4.69, 9.17) is 21.1 Å².